The maximum atomic E-state index is 12.4. The minimum atomic E-state index is -0.0600. The van der Waals surface area contributed by atoms with Gasteiger partial charge in [-0.25, -0.2) is 0 Å². The fraction of sp³-hybridized carbons (Fsp3) is 0.286. The number of methoxy groups -OCH3 is 1. The minimum absolute atomic E-state index is 0.0600. The van der Waals surface area contributed by atoms with Crippen LogP contribution >= 0.6 is 0 Å². The van der Waals surface area contributed by atoms with Crippen LogP contribution in [0.25, 0.3) is 11.5 Å². The van der Waals surface area contributed by atoms with E-state index in [1.807, 2.05) is 29.2 Å². The van der Waals surface area contributed by atoms with E-state index in [0.717, 1.165) is 11.1 Å². The summed E-state index contributed by atoms with van der Waals surface area (Å²) in [5.41, 5.74) is 3.08. The summed E-state index contributed by atoms with van der Waals surface area (Å²) in [6.07, 6.45) is 0.400. The number of benzene rings is 2. The Morgan fingerprint density at radius 1 is 1.19 bits per heavy atom. The number of carbonyl (C=O) groups excluding carboxylic acids is 1. The van der Waals surface area contributed by atoms with Crippen LogP contribution in [0.2, 0.25) is 0 Å². The highest BCUT2D eigenvalue weighted by Gasteiger charge is 2.34. The van der Waals surface area contributed by atoms with Crippen molar-refractivity contribution in [3.8, 4) is 17.2 Å². The van der Waals surface area contributed by atoms with Gasteiger partial charge >= 0.3 is 0 Å². The number of carbonyl (C=O) groups is 1. The van der Waals surface area contributed by atoms with Gasteiger partial charge in [0, 0.05) is 25.4 Å². The summed E-state index contributed by atoms with van der Waals surface area (Å²) >= 11 is 0. The Hall–Kier alpha value is -3.15. The van der Waals surface area contributed by atoms with Gasteiger partial charge in [0.15, 0.2) is 5.82 Å². The first-order valence-electron chi connectivity index (χ1n) is 8.94. The lowest BCUT2D eigenvalue weighted by atomic mass is 10.1. The second-order valence-electron chi connectivity index (χ2n) is 6.82. The Bertz CT molecular complexity index is 949. The molecule has 1 aliphatic rings. The van der Waals surface area contributed by atoms with Crippen molar-refractivity contribution in [2.24, 2.45) is 0 Å². The number of nitrogens with zero attached hydrogens (tertiary/aromatic N) is 3. The molecule has 2 aromatic carbocycles. The fourth-order valence-corrected chi connectivity index (χ4v) is 3.34. The summed E-state index contributed by atoms with van der Waals surface area (Å²) in [6.45, 7) is 3.25. The van der Waals surface area contributed by atoms with E-state index in [1.54, 1.807) is 7.11 Å². The lowest BCUT2D eigenvalue weighted by molar-refractivity contribution is -0.128. The Morgan fingerprint density at radius 2 is 1.96 bits per heavy atom. The zero-order valence-corrected chi connectivity index (χ0v) is 15.4. The van der Waals surface area contributed by atoms with Crippen molar-refractivity contribution < 1.29 is 14.1 Å². The molecule has 1 aliphatic heterocycles. The molecule has 1 amide bonds. The van der Waals surface area contributed by atoms with E-state index < -0.39 is 0 Å². The maximum absolute atomic E-state index is 12.4. The van der Waals surface area contributed by atoms with Gasteiger partial charge in [-0.05, 0) is 24.6 Å². The number of ether oxygens (including phenoxy) is 1. The second kappa shape index (κ2) is 7.23. The molecule has 0 spiro atoms. The number of aromatic nitrogens is 2. The first-order chi connectivity index (χ1) is 13.1. The van der Waals surface area contributed by atoms with E-state index in [0.29, 0.717) is 37.0 Å². The molecule has 0 N–H and O–H groups in total. The molecule has 1 atom stereocenters. The SMILES string of the molecule is COc1ccccc1-c1nc(C2CC(=O)N(Cc3ccc(C)cc3)C2)no1. The highest BCUT2D eigenvalue weighted by atomic mass is 16.5. The van der Waals surface area contributed by atoms with Crippen molar-refractivity contribution in [2.45, 2.75) is 25.8 Å². The van der Waals surface area contributed by atoms with Crippen molar-refractivity contribution in [1.29, 1.82) is 0 Å². The van der Waals surface area contributed by atoms with Crippen LogP contribution in [0.4, 0.5) is 0 Å². The van der Waals surface area contributed by atoms with Crippen LogP contribution in [0, 0.1) is 6.92 Å². The molecule has 2 heterocycles. The molecule has 0 bridgehead atoms. The van der Waals surface area contributed by atoms with E-state index in [2.05, 4.69) is 41.3 Å². The second-order valence-corrected chi connectivity index (χ2v) is 6.82. The topological polar surface area (TPSA) is 68.5 Å². The van der Waals surface area contributed by atoms with Gasteiger partial charge < -0.3 is 14.2 Å². The van der Waals surface area contributed by atoms with Gasteiger partial charge in [0.2, 0.25) is 5.91 Å². The van der Waals surface area contributed by atoms with Crippen LogP contribution < -0.4 is 4.74 Å². The van der Waals surface area contributed by atoms with Gasteiger partial charge in [-0.2, -0.15) is 4.98 Å². The standard InChI is InChI=1S/C21H21N3O3/c1-14-7-9-15(10-8-14)12-24-13-16(11-19(24)25)20-22-21(27-23-20)17-5-3-4-6-18(17)26-2/h3-10,16H,11-13H2,1-2H3. The van der Waals surface area contributed by atoms with E-state index in [9.17, 15) is 4.79 Å². The van der Waals surface area contributed by atoms with Crippen molar-refractivity contribution in [2.75, 3.05) is 13.7 Å². The predicted octanol–water partition coefficient (Wildman–Crippen LogP) is 3.57. The molecule has 0 aliphatic carbocycles. The smallest absolute Gasteiger partial charge is 0.261 e. The van der Waals surface area contributed by atoms with Gasteiger partial charge in [-0.1, -0.05) is 47.1 Å². The van der Waals surface area contributed by atoms with Crippen LogP contribution in [0.15, 0.2) is 53.1 Å². The van der Waals surface area contributed by atoms with Crippen LogP contribution in [-0.4, -0.2) is 34.6 Å². The Morgan fingerprint density at radius 3 is 2.74 bits per heavy atom. The molecule has 1 saturated heterocycles. The minimum Gasteiger partial charge on any atom is -0.496 e. The van der Waals surface area contributed by atoms with Crippen LogP contribution in [0.5, 0.6) is 5.75 Å². The summed E-state index contributed by atoms with van der Waals surface area (Å²) in [6, 6.07) is 15.7. The van der Waals surface area contributed by atoms with Crippen molar-refractivity contribution >= 4 is 5.91 Å². The molecule has 6 heteroatoms. The molecule has 3 aromatic rings. The highest BCUT2D eigenvalue weighted by Crippen LogP contribution is 2.32. The quantitative estimate of drug-likeness (QED) is 0.693. The number of hydrogen-bond acceptors (Lipinski definition) is 5. The number of rotatable bonds is 5. The summed E-state index contributed by atoms with van der Waals surface area (Å²) in [7, 11) is 1.61. The molecular formula is C21H21N3O3. The van der Waals surface area contributed by atoms with Gasteiger partial charge in [0.05, 0.1) is 12.7 Å². The molecule has 27 heavy (non-hydrogen) atoms. The normalized spacial score (nSPS) is 16.7. The highest BCUT2D eigenvalue weighted by molar-refractivity contribution is 5.79. The zero-order chi connectivity index (χ0) is 18.8. The first kappa shape index (κ1) is 17.3. The van der Waals surface area contributed by atoms with Gasteiger partial charge in [0.25, 0.3) is 5.89 Å². The van der Waals surface area contributed by atoms with E-state index in [4.69, 9.17) is 9.26 Å². The molecule has 1 fully saturated rings. The molecule has 1 aromatic heterocycles. The molecular weight excluding hydrogens is 342 g/mol. The van der Waals surface area contributed by atoms with E-state index >= 15 is 0 Å². The zero-order valence-electron chi connectivity index (χ0n) is 15.4. The number of para-hydroxylation sites is 1. The number of likely N-dealkylation sites (tertiary alicyclic amines) is 1. The van der Waals surface area contributed by atoms with E-state index in [-0.39, 0.29) is 11.8 Å². The Kier molecular flexibility index (Phi) is 4.62. The predicted molar refractivity (Wildman–Crippen MR) is 100 cm³/mol. The maximum Gasteiger partial charge on any atom is 0.261 e. The summed E-state index contributed by atoms with van der Waals surface area (Å²) < 4.78 is 10.8. The average Bonchev–Trinajstić information content (AvgIpc) is 3.31. The van der Waals surface area contributed by atoms with Crippen LogP contribution in [0.3, 0.4) is 0 Å². The van der Waals surface area contributed by atoms with Crippen LogP contribution in [0.1, 0.15) is 29.3 Å². The summed E-state index contributed by atoms with van der Waals surface area (Å²) in [4.78, 5) is 18.8. The monoisotopic (exact) mass is 363 g/mol. The summed E-state index contributed by atoms with van der Waals surface area (Å²) in [5, 5.41) is 4.12. The van der Waals surface area contributed by atoms with Gasteiger partial charge in [-0.3, -0.25) is 4.79 Å². The third-order valence-electron chi connectivity index (χ3n) is 4.85. The molecule has 1 unspecified atom stereocenters. The number of hydrogen-bond donors (Lipinski definition) is 0. The molecule has 6 nitrogen and oxygen atoms in total. The third-order valence-corrected chi connectivity index (χ3v) is 4.85. The largest absolute Gasteiger partial charge is 0.496 e. The van der Waals surface area contributed by atoms with Crippen molar-refractivity contribution in [1.82, 2.24) is 15.0 Å². The lowest BCUT2D eigenvalue weighted by Crippen LogP contribution is -2.24. The fourth-order valence-electron chi connectivity index (χ4n) is 3.34. The van der Waals surface area contributed by atoms with Crippen molar-refractivity contribution in [3.05, 3.63) is 65.5 Å². The van der Waals surface area contributed by atoms with Crippen molar-refractivity contribution in [3.63, 3.8) is 0 Å². The Balaban J connectivity index is 1.49. The lowest BCUT2D eigenvalue weighted by Gasteiger charge is -2.16. The average molecular weight is 363 g/mol. The third kappa shape index (κ3) is 3.56. The van der Waals surface area contributed by atoms with Gasteiger partial charge in [0.1, 0.15) is 5.75 Å². The van der Waals surface area contributed by atoms with E-state index in [1.165, 1.54) is 5.56 Å². The Labute approximate surface area is 157 Å². The molecule has 138 valence electrons. The molecule has 4 rings (SSSR count). The van der Waals surface area contributed by atoms with Crippen LogP contribution in [-0.2, 0) is 11.3 Å². The molecule has 0 radical (unpaired) electrons. The molecule has 0 saturated carbocycles. The first-order valence-corrected chi connectivity index (χ1v) is 8.94. The summed E-state index contributed by atoms with van der Waals surface area (Å²) in [5.74, 6) is 1.71. The number of amides is 1. The van der Waals surface area contributed by atoms with Gasteiger partial charge in [-0.15, -0.1) is 0 Å². The number of aryl methyl sites for hydroxylation is 1.